The molecule has 0 spiro atoms. The van der Waals surface area contributed by atoms with Gasteiger partial charge in [0.05, 0.1) is 18.1 Å². The van der Waals surface area contributed by atoms with Crippen LogP contribution in [0.15, 0.2) is 57.7 Å². The van der Waals surface area contributed by atoms with E-state index in [-0.39, 0.29) is 18.1 Å². The molecule has 7 nitrogen and oxygen atoms in total. The minimum atomic E-state index is -1.35. The topological polar surface area (TPSA) is 117 Å². The molecule has 1 atom stereocenters. The third kappa shape index (κ3) is 4.86. The van der Waals surface area contributed by atoms with Crippen molar-refractivity contribution in [3.63, 3.8) is 0 Å². The number of hydrogen-bond donors (Lipinski definition) is 3. The standard InChI is InChI=1S/C12H10O5.C8H10O2/c1-2-16-10-7-5-3-4-6-8(7)17-12(15)9(10)11(13)14;1-6(9)7-2-4-8(10)5-3-7/h3-6H,2H2,1H3,(H,13,14);2-6,9-10H,1H3. The molecule has 3 aromatic rings. The Morgan fingerprint density at radius 2 is 1.78 bits per heavy atom. The van der Waals surface area contributed by atoms with Crippen molar-refractivity contribution in [3.8, 4) is 11.5 Å². The summed E-state index contributed by atoms with van der Waals surface area (Å²) in [7, 11) is 0. The molecule has 0 fully saturated rings. The van der Waals surface area contributed by atoms with E-state index in [1.165, 1.54) is 0 Å². The number of fused-ring (bicyclic) bond motifs is 1. The summed E-state index contributed by atoms with van der Waals surface area (Å²) in [5, 5.41) is 27.4. The number of carboxylic acids is 1. The molecule has 0 aliphatic rings. The fourth-order valence-corrected chi connectivity index (χ4v) is 2.35. The second-order valence-corrected chi connectivity index (χ2v) is 5.60. The van der Waals surface area contributed by atoms with Crippen molar-refractivity contribution < 1.29 is 29.3 Å². The number of para-hydroxylation sites is 1. The summed E-state index contributed by atoms with van der Waals surface area (Å²) >= 11 is 0. The number of hydrogen-bond acceptors (Lipinski definition) is 6. The fraction of sp³-hybridized carbons (Fsp3) is 0.200. The van der Waals surface area contributed by atoms with Crippen LogP contribution in [-0.2, 0) is 0 Å². The molecule has 2 aromatic carbocycles. The maximum absolute atomic E-state index is 11.5. The van der Waals surface area contributed by atoms with Gasteiger partial charge in [0.15, 0.2) is 11.3 Å². The first-order chi connectivity index (χ1) is 12.8. The van der Waals surface area contributed by atoms with Crippen molar-refractivity contribution >= 4 is 16.9 Å². The van der Waals surface area contributed by atoms with Crippen LogP contribution in [0.2, 0.25) is 0 Å². The van der Waals surface area contributed by atoms with Gasteiger partial charge in [-0.15, -0.1) is 0 Å². The van der Waals surface area contributed by atoms with Crippen LogP contribution in [0, 0.1) is 0 Å². The Morgan fingerprint density at radius 3 is 2.33 bits per heavy atom. The normalized spacial score (nSPS) is 11.4. The minimum absolute atomic E-state index is 0.0619. The highest BCUT2D eigenvalue weighted by Crippen LogP contribution is 2.27. The van der Waals surface area contributed by atoms with Crippen LogP contribution >= 0.6 is 0 Å². The molecule has 142 valence electrons. The molecule has 0 bridgehead atoms. The highest BCUT2D eigenvalue weighted by atomic mass is 16.5. The highest BCUT2D eigenvalue weighted by Gasteiger charge is 2.21. The number of carboxylic acid groups (broad SMARTS) is 1. The number of benzene rings is 2. The first-order valence-corrected chi connectivity index (χ1v) is 8.24. The van der Waals surface area contributed by atoms with Gasteiger partial charge in [0.1, 0.15) is 11.3 Å². The zero-order chi connectivity index (χ0) is 20.0. The molecule has 0 aliphatic heterocycles. The van der Waals surface area contributed by atoms with Gasteiger partial charge in [-0.3, -0.25) is 0 Å². The van der Waals surface area contributed by atoms with E-state index in [9.17, 15) is 9.59 Å². The Hall–Kier alpha value is -3.32. The molecule has 1 heterocycles. The number of ether oxygens (including phenoxy) is 1. The van der Waals surface area contributed by atoms with Crippen LogP contribution in [0.4, 0.5) is 0 Å². The van der Waals surface area contributed by atoms with Gasteiger partial charge in [-0.25, -0.2) is 9.59 Å². The molecule has 3 N–H and O–H groups in total. The van der Waals surface area contributed by atoms with Gasteiger partial charge >= 0.3 is 11.6 Å². The average molecular weight is 372 g/mol. The van der Waals surface area contributed by atoms with Gasteiger partial charge in [-0.05, 0) is 43.7 Å². The summed E-state index contributed by atoms with van der Waals surface area (Å²) in [5.74, 6) is -1.07. The van der Waals surface area contributed by atoms with Gasteiger partial charge in [0, 0.05) is 0 Å². The van der Waals surface area contributed by atoms with Crippen molar-refractivity contribution in [3.05, 3.63) is 70.1 Å². The lowest BCUT2D eigenvalue weighted by molar-refractivity contribution is 0.0688. The highest BCUT2D eigenvalue weighted by molar-refractivity contribution is 5.97. The summed E-state index contributed by atoms with van der Waals surface area (Å²) in [6.45, 7) is 3.68. The molecule has 0 amide bonds. The average Bonchev–Trinajstić information content (AvgIpc) is 2.62. The molecule has 27 heavy (non-hydrogen) atoms. The predicted molar refractivity (Wildman–Crippen MR) is 99.4 cm³/mol. The molecule has 0 aliphatic carbocycles. The van der Waals surface area contributed by atoms with E-state index >= 15 is 0 Å². The molecule has 1 unspecified atom stereocenters. The van der Waals surface area contributed by atoms with Crippen LogP contribution in [0.1, 0.15) is 35.9 Å². The van der Waals surface area contributed by atoms with Gasteiger partial charge in [-0.1, -0.05) is 24.3 Å². The zero-order valence-electron chi connectivity index (χ0n) is 14.9. The molecular weight excluding hydrogens is 352 g/mol. The zero-order valence-corrected chi connectivity index (χ0v) is 14.9. The summed E-state index contributed by atoms with van der Waals surface area (Å²) in [4.78, 5) is 22.6. The van der Waals surface area contributed by atoms with Crippen LogP contribution < -0.4 is 10.4 Å². The van der Waals surface area contributed by atoms with Crippen LogP contribution in [0.3, 0.4) is 0 Å². The third-order valence-electron chi connectivity index (χ3n) is 3.64. The maximum atomic E-state index is 11.5. The van der Waals surface area contributed by atoms with Gasteiger partial charge < -0.3 is 24.5 Å². The van der Waals surface area contributed by atoms with Crippen molar-refractivity contribution in [2.75, 3.05) is 6.61 Å². The van der Waals surface area contributed by atoms with E-state index in [4.69, 9.17) is 24.5 Å². The number of aromatic carboxylic acids is 1. The molecular formula is C20H20O7. The Labute approximate surface area is 155 Å². The second-order valence-electron chi connectivity index (χ2n) is 5.60. The number of phenols is 1. The molecule has 0 radical (unpaired) electrons. The number of carbonyl (C=O) groups is 1. The van der Waals surface area contributed by atoms with Crippen LogP contribution in [-0.4, -0.2) is 27.9 Å². The Kier molecular flexibility index (Phi) is 6.56. The Bertz CT molecular complexity index is 972. The SMILES string of the molecule is CC(O)c1ccc(O)cc1.CCOc1c(C(=O)O)c(=O)oc2ccccc12. The van der Waals surface area contributed by atoms with E-state index in [2.05, 4.69) is 0 Å². The molecule has 7 heteroatoms. The van der Waals surface area contributed by atoms with Crippen molar-refractivity contribution in [1.29, 1.82) is 0 Å². The van der Waals surface area contributed by atoms with E-state index in [0.717, 1.165) is 5.56 Å². The number of phenolic OH excluding ortho intramolecular Hbond substituents is 1. The lowest BCUT2D eigenvalue weighted by Crippen LogP contribution is -2.16. The quantitative estimate of drug-likeness (QED) is 0.601. The summed E-state index contributed by atoms with van der Waals surface area (Å²) in [6, 6.07) is 13.2. The lowest BCUT2D eigenvalue weighted by Gasteiger charge is -2.08. The van der Waals surface area contributed by atoms with E-state index in [1.807, 2.05) is 0 Å². The van der Waals surface area contributed by atoms with Gasteiger partial charge in [-0.2, -0.15) is 0 Å². The fourth-order valence-electron chi connectivity index (χ4n) is 2.35. The monoisotopic (exact) mass is 372 g/mol. The first kappa shape index (κ1) is 20.0. The Morgan fingerprint density at radius 1 is 1.15 bits per heavy atom. The van der Waals surface area contributed by atoms with Crippen molar-refractivity contribution in [2.24, 2.45) is 0 Å². The largest absolute Gasteiger partial charge is 0.508 e. The lowest BCUT2D eigenvalue weighted by atomic mass is 10.1. The van der Waals surface area contributed by atoms with E-state index < -0.39 is 23.3 Å². The van der Waals surface area contributed by atoms with Crippen molar-refractivity contribution in [2.45, 2.75) is 20.0 Å². The minimum Gasteiger partial charge on any atom is -0.508 e. The number of rotatable bonds is 4. The van der Waals surface area contributed by atoms with Crippen LogP contribution in [0.25, 0.3) is 11.0 Å². The first-order valence-electron chi connectivity index (χ1n) is 8.24. The molecule has 3 rings (SSSR count). The van der Waals surface area contributed by atoms with Gasteiger partial charge in [0.2, 0.25) is 0 Å². The predicted octanol–water partition coefficient (Wildman–Crippen LogP) is 3.34. The smallest absolute Gasteiger partial charge is 0.354 e. The number of aromatic hydroxyl groups is 1. The number of aliphatic hydroxyl groups is 1. The van der Waals surface area contributed by atoms with E-state index in [1.54, 1.807) is 62.4 Å². The van der Waals surface area contributed by atoms with E-state index in [0.29, 0.717) is 11.0 Å². The Balaban J connectivity index is 0.000000223. The number of aliphatic hydroxyl groups excluding tert-OH is 1. The molecule has 0 saturated carbocycles. The summed E-state index contributed by atoms with van der Waals surface area (Å²) in [6.07, 6.45) is -0.458. The van der Waals surface area contributed by atoms with Gasteiger partial charge in [0.25, 0.3) is 0 Å². The maximum Gasteiger partial charge on any atom is 0.354 e. The molecule has 1 aromatic heterocycles. The van der Waals surface area contributed by atoms with Crippen molar-refractivity contribution in [1.82, 2.24) is 0 Å². The second kappa shape index (κ2) is 8.86. The third-order valence-corrected chi connectivity index (χ3v) is 3.64. The summed E-state index contributed by atoms with van der Waals surface area (Å²) < 4.78 is 10.2. The van der Waals surface area contributed by atoms with Crippen LogP contribution in [0.5, 0.6) is 11.5 Å². The summed E-state index contributed by atoms with van der Waals surface area (Å²) in [5.41, 5.74) is -0.242. The molecule has 0 saturated heterocycles.